The van der Waals surface area contributed by atoms with Gasteiger partial charge in [0.05, 0.1) is 23.8 Å². The number of rotatable bonds is 11. The van der Waals surface area contributed by atoms with Gasteiger partial charge in [-0.1, -0.05) is 39.8 Å². The maximum atomic E-state index is 13.6. The lowest BCUT2D eigenvalue weighted by atomic mass is 10.1. The quantitative estimate of drug-likeness (QED) is 0.336. The molecule has 0 aliphatic carbocycles. The Morgan fingerprint density at radius 2 is 1.89 bits per heavy atom. The molecule has 0 saturated carbocycles. The number of aromatic nitrogens is 4. The van der Waals surface area contributed by atoms with E-state index in [4.69, 9.17) is 0 Å². The predicted molar refractivity (Wildman–Crippen MR) is 148 cm³/mol. The van der Waals surface area contributed by atoms with Crippen molar-refractivity contribution in [3.63, 3.8) is 0 Å². The Hall–Kier alpha value is -3.25. The number of para-hydroxylation sites is 1. The van der Waals surface area contributed by atoms with E-state index in [1.807, 2.05) is 32.6 Å². The molecule has 3 N–H and O–H groups in total. The van der Waals surface area contributed by atoms with Crippen molar-refractivity contribution in [1.82, 2.24) is 29.4 Å². The number of H-pyrrole nitrogens is 1. The zero-order valence-electron chi connectivity index (χ0n) is 22.5. The van der Waals surface area contributed by atoms with Gasteiger partial charge in [-0.3, -0.25) is 9.89 Å². The molecule has 0 bridgehead atoms. The Kier molecular flexibility index (Phi) is 8.83. The minimum Gasteiger partial charge on any atom is -0.375 e. The summed E-state index contributed by atoms with van der Waals surface area (Å²) < 4.78 is 28.8. The number of aromatic amines is 1. The summed E-state index contributed by atoms with van der Waals surface area (Å²) in [6.45, 7) is 10.1. The van der Waals surface area contributed by atoms with E-state index < -0.39 is 10.0 Å². The smallest absolute Gasteiger partial charge is 0.245 e. The number of nitrogens with zero attached hydrogens (tertiary/aromatic N) is 5. The lowest BCUT2D eigenvalue weighted by Gasteiger charge is -2.33. The van der Waals surface area contributed by atoms with Crippen molar-refractivity contribution in [3.05, 3.63) is 36.8 Å². The van der Waals surface area contributed by atoms with Crippen LogP contribution in [0.1, 0.15) is 40.5 Å². The molecule has 12 heteroatoms. The minimum atomic E-state index is -3.73. The number of amides is 1. The summed E-state index contributed by atoms with van der Waals surface area (Å²) in [7, 11) is -3.73. The van der Waals surface area contributed by atoms with Crippen molar-refractivity contribution in [2.24, 2.45) is 11.8 Å². The molecule has 4 rings (SSSR count). The van der Waals surface area contributed by atoms with Crippen LogP contribution in [-0.2, 0) is 14.8 Å². The predicted octanol–water partition coefficient (Wildman–Crippen LogP) is 3.17. The SMILES string of the molecule is CC(C)CN(CC(C)C)S(=O)(=O)c1ccccc1NCC(=O)N1CCC[C@@H](Nc2ncnc3[nH]ncc23)C1. The van der Waals surface area contributed by atoms with Crippen molar-refractivity contribution in [2.45, 2.75) is 51.5 Å². The van der Waals surface area contributed by atoms with E-state index in [2.05, 4.69) is 30.8 Å². The highest BCUT2D eigenvalue weighted by Gasteiger charge is 2.29. The summed E-state index contributed by atoms with van der Waals surface area (Å²) in [6, 6.07) is 6.85. The number of benzene rings is 1. The van der Waals surface area contributed by atoms with Gasteiger partial charge < -0.3 is 15.5 Å². The van der Waals surface area contributed by atoms with Crippen LogP contribution in [-0.4, -0.2) is 82.5 Å². The monoisotopic (exact) mass is 542 g/mol. The average molecular weight is 543 g/mol. The first kappa shape index (κ1) is 27.8. The third-order valence-corrected chi connectivity index (χ3v) is 8.33. The van der Waals surface area contributed by atoms with E-state index in [1.54, 1.807) is 34.8 Å². The molecule has 1 aromatic carbocycles. The second-order valence-corrected chi connectivity index (χ2v) is 12.5. The van der Waals surface area contributed by atoms with Gasteiger partial charge in [0.15, 0.2) is 5.65 Å². The summed E-state index contributed by atoms with van der Waals surface area (Å²) in [6.07, 6.45) is 4.92. The fraction of sp³-hybridized carbons (Fsp3) is 0.538. The van der Waals surface area contributed by atoms with Gasteiger partial charge in [-0.25, -0.2) is 18.4 Å². The van der Waals surface area contributed by atoms with Gasteiger partial charge in [-0.15, -0.1) is 0 Å². The molecule has 1 atom stereocenters. The average Bonchev–Trinajstić information content (AvgIpc) is 3.37. The van der Waals surface area contributed by atoms with Gasteiger partial charge in [0, 0.05) is 32.2 Å². The van der Waals surface area contributed by atoms with Crippen LogP contribution in [0.15, 0.2) is 41.7 Å². The van der Waals surface area contributed by atoms with E-state index in [1.165, 1.54) is 6.33 Å². The first-order valence-electron chi connectivity index (χ1n) is 13.2. The molecular formula is C26H38N8O3S. The van der Waals surface area contributed by atoms with Gasteiger partial charge >= 0.3 is 0 Å². The zero-order chi connectivity index (χ0) is 27.3. The lowest BCUT2D eigenvalue weighted by Crippen LogP contribution is -2.47. The summed E-state index contributed by atoms with van der Waals surface area (Å²) in [5.41, 5.74) is 1.10. The largest absolute Gasteiger partial charge is 0.375 e. The first-order chi connectivity index (χ1) is 18.1. The number of carbonyl (C=O) groups is 1. The van der Waals surface area contributed by atoms with Crippen LogP contribution in [0.3, 0.4) is 0 Å². The highest BCUT2D eigenvalue weighted by molar-refractivity contribution is 7.89. The van der Waals surface area contributed by atoms with Crippen molar-refractivity contribution < 1.29 is 13.2 Å². The van der Waals surface area contributed by atoms with Crippen LogP contribution in [0.2, 0.25) is 0 Å². The molecular weight excluding hydrogens is 504 g/mol. The van der Waals surface area contributed by atoms with E-state index in [9.17, 15) is 13.2 Å². The van der Waals surface area contributed by atoms with E-state index in [0.717, 1.165) is 18.2 Å². The molecule has 1 fully saturated rings. The number of piperidine rings is 1. The number of nitrogens with one attached hydrogen (secondary N) is 3. The molecule has 0 unspecified atom stereocenters. The maximum Gasteiger partial charge on any atom is 0.245 e. The van der Waals surface area contributed by atoms with E-state index >= 15 is 0 Å². The van der Waals surface area contributed by atoms with Crippen molar-refractivity contribution >= 4 is 38.5 Å². The number of hydrogen-bond donors (Lipinski definition) is 3. The van der Waals surface area contributed by atoms with Crippen molar-refractivity contribution in [1.29, 1.82) is 0 Å². The summed E-state index contributed by atoms with van der Waals surface area (Å²) in [4.78, 5) is 23.7. The Labute approximate surface area is 224 Å². The van der Waals surface area contributed by atoms with Gasteiger partial charge in [-0.2, -0.15) is 9.40 Å². The second kappa shape index (κ2) is 12.1. The molecule has 206 valence electrons. The molecule has 3 heterocycles. The molecule has 0 radical (unpaired) electrons. The molecule has 2 aromatic heterocycles. The van der Waals surface area contributed by atoms with Crippen LogP contribution < -0.4 is 10.6 Å². The van der Waals surface area contributed by atoms with E-state index in [0.29, 0.717) is 43.3 Å². The number of likely N-dealkylation sites (tertiary alicyclic amines) is 1. The highest BCUT2D eigenvalue weighted by atomic mass is 32.2. The Morgan fingerprint density at radius 3 is 2.63 bits per heavy atom. The maximum absolute atomic E-state index is 13.6. The van der Waals surface area contributed by atoms with Crippen LogP contribution in [0, 0.1) is 11.8 Å². The number of anilines is 2. The third-order valence-electron chi connectivity index (χ3n) is 6.44. The van der Waals surface area contributed by atoms with Gasteiger partial charge in [-0.05, 0) is 36.8 Å². The standard InChI is InChI=1S/C26H38N8O3S/c1-18(2)14-34(15-19(3)4)38(36,37)23-10-6-5-9-22(23)27-13-24(35)33-11-7-8-20(16-33)31-25-21-12-30-32-26(21)29-17-28-25/h5-6,9-10,12,17-20,27H,7-8,11,13-16H2,1-4H3,(H2,28,29,30,31,32)/t20-/m1/s1. The molecule has 38 heavy (non-hydrogen) atoms. The Morgan fingerprint density at radius 1 is 1.16 bits per heavy atom. The van der Waals surface area contributed by atoms with E-state index in [-0.39, 0.29) is 35.2 Å². The number of hydrogen-bond acceptors (Lipinski definition) is 8. The fourth-order valence-electron chi connectivity index (χ4n) is 4.74. The lowest BCUT2D eigenvalue weighted by molar-refractivity contribution is -0.130. The molecule has 11 nitrogen and oxygen atoms in total. The summed E-state index contributed by atoms with van der Waals surface area (Å²) >= 11 is 0. The normalized spacial score (nSPS) is 16.5. The molecule has 1 aliphatic rings. The van der Waals surface area contributed by atoms with Crippen molar-refractivity contribution in [3.8, 4) is 0 Å². The minimum absolute atomic E-state index is 0.00704. The Bertz CT molecular complexity index is 1330. The van der Waals surface area contributed by atoms with Crippen molar-refractivity contribution in [2.75, 3.05) is 43.4 Å². The van der Waals surface area contributed by atoms with Gasteiger partial charge in [0.1, 0.15) is 17.0 Å². The van der Waals surface area contributed by atoms with Gasteiger partial charge in [0.25, 0.3) is 0 Å². The van der Waals surface area contributed by atoms with Gasteiger partial charge in [0.2, 0.25) is 15.9 Å². The second-order valence-electron chi connectivity index (χ2n) is 10.6. The molecule has 1 aliphatic heterocycles. The summed E-state index contributed by atoms with van der Waals surface area (Å²) in [5, 5.41) is 14.2. The topological polar surface area (TPSA) is 136 Å². The fourth-order valence-corrected chi connectivity index (χ4v) is 6.68. The summed E-state index contributed by atoms with van der Waals surface area (Å²) in [5.74, 6) is 0.990. The number of sulfonamides is 1. The molecule has 1 amide bonds. The third kappa shape index (κ3) is 6.60. The molecule has 0 spiro atoms. The number of carbonyl (C=O) groups excluding carboxylic acids is 1. The number of fused-ring (bicyclic) bond motifs is 1. The molecule has 1 saturated heterocycles. The first-order valence-corrected chi connectivity index (χ1v) is 14.6. The van der Waals surface area contributed by atoms with Crippen LogP contribution in [0.25, 0.3) is 11.0 Å². The van der Waals surface area contributed by atoms with Crippen LogP contribution in [0.5, 0.6) is 0 Å². The molecule has 3 aromatic rings. The Balaban J connectivity index is 1.42. The van der Waals surface area contributed by atoms with Crippen LogP contribution in [0.4, 0.5) is 11.5 Å². The van der Waals surface area contributed by atoms with Crippen LogP contribution >= 0.6 is 0 Å². The zero-order valence-corrected chi connectivity index (χ0v) is 23.3. The highest BCUT2D eigenvalue weighted by Crippen LogP contribution is 2.26.